The van der Waals surface area contributed by atoms with Crippen LogP contribution in [0.4, 0.5) is 4.79 Å². The van der Waals surface area contributed by atoms with Crippen LogP contribution in [0.2, 0.25) is 0 Å². The van der Waals surface area contributed by atoms with E-state index in [0.717, 1.165) is 0 Å². The predicted octanol–water partition coefficient (Wildman–Crippen LogP) is 0.997. The van der Waals surface area contributed by atoms with Gasteiger partial charge in [-0.2, -0.15) is 0 Å². The highest BCUT2D eigenvalue weighted by atomic mass is 16.5. The molecular weight excluding hydrogens is 290 g/mol. The molecule has 0 aromatic carbocycles. The summed E-state index contributed by atoms with van der Waals surface area (Å²) in [4.78, 5) is 48.6. The standard InChI is InChI=1S/C14H19N3O5/c1-7(2)16-14(21)17-12(19)9(4)22-13(20)11-5-10(6-15-11)8(3)18/h5-7,9,15H,1-4H3,(H2,16,17,19,21)/t9-/m1/s1. The second-order valence-electron chi connectivity index (χ2n) is 5.02. The van der Waals surface area contributed by atoms with Gasteiger partial charge < -0.3 is 15.0 Å². The molecule has 1 heterocycles. The van der Waals surface area contributed by atoms with Gasteiger partial charge in [0.15, 0.2) is 11.9 Å². The number of Topliss-reactive ketones (excluding diaryl/α,β-unsaturated/α-hetero) is 1. The minimum atomic E-state index is -1.16. The monoisotopic (exact) mass is 309 g/mol. The minimum absolute atomic E-state index is 0.0523. The number of aromatic amines is 1. The number of imide groups is 1. The molecule has 22 heavy (non-hydrogen) atoms. The molecule has 0 bridgehead atoms. The maximum absolute atomic E-state index is 11.8. The lowest BCUT2D eigenvalue weighted by Gasteiger charge is -2.13. The van der Waals surface area contributed by atoms with E-state index >= 15 is 0 Å². The third-order valence-electron chi connectivity index (χ3n) is 2.62. The quantitative estimate of drug-likeness (QED) is 0.554. The number of ether oxygens (including phenoxy) is 1. The molecule has 1 aromatic heterocycles. The fraction of sp³-hybridized carbons (Fsp3) is 0.429. The summed E-state index contributed by atoms with van der Waals surface area (Å²) >= 11 is 0. The molecule has 0 aliphatic heterocycles. The van der Waals surface area contributed by atoms with Gasteiger partial charge in [-0.1, -0.05) is 0 Å². The highest BCUT2D eigenvalue weighted by Crippen LogP contribution is 2.07. The normalized spacial score (nSPS) is 11.7. The van der Waals surface area contributed by atoms with Crippen molar-refractivity contribution in [2.45, 2.75) is 39.8 Å². The summed E-state index contributed by atoms with van der Waals surface area (Å²) in [5, 5.41) is 4.54. The van der Waals surface area contributed by atoms with Gasteiger partial charge in [-0.15, -0.1) is 0 Å². The molecule has 0 saturated carbocycles. The maximum atomic E-state index is 11.8. The lowest BCUT2D eigenvalue weighted by atomic mass is 10.2. The molecule has 0 fully saturated rings. The van der Waals surface area contributed by atoms with Gasteiger partial charge >= 0.3 is 12.0 Å². The fourth-order valence-corrected chi connectivity index (χ4v) is 1.50. The van der Waals surface area contributed by atoms with Crippen LogP contribution in [-0.2, 0) is 9.53 Å². The van der Waals surface area contributed by atoms with Gasteiger partial charge in [-0.05, 0) is 33.8 Å². The van der Waals surface area contributed by atoms with E-state index < -0.39 is 24.0 Å². The van der Waals surface area contributed by atoms with Crippen LogP contribution in [0, 0.1) is 0 Å². The Morgan fingerprint density at radius 3 is 2.32 bits per heavy atom. The molecule has 3 N–H and O–H groups in total. The Morgan fingerprint density at radius 2 is 1.82 bits per heavy atom. The predicted molar refractivity (Wildman–Crippen MR) is 77.5 cm³/mol. The largest absolute Gasteiger partial charge is 0.448 e. The number of carbonyl (C=O) groups is 4. The number of amides is 3. The van der Waals surface area contributed by atoms with Crippen molar-refractivity contribution in [3.8, 4) is 0 Å². The summed E-state index contributed by atoms with van der Waals surface area (Å²) in [5.74, 6) is -1.74. The summed E-state index contributed by atoms with van der Waals surface area (Å²) in [5.41, 5.74) is 0.386. The first-order valence-electron chi connectivity index (χ1n) is 6.72. The van der Waals surface area contributed by atoms with Crippen LogP contribution in [0.25, 0.3) is 0 Å². The first kappa shape index (κ1) is 17.4. The zero-order chi connectivity index (χ0) is 16.9. The number of urea groups is 1. The van der Waals surface area contributed by atoms with Gasteiger partial charge in [0.05, 0.1) is 0 Å². The zero-order valence-electron chi connectivity index (χ0n) is 12.9. The van der Waals surface area contributed by atoms with Gasteiger partial charge in [-0.25, -0.2) is 9.59 Å². The lowest BCUT2D eigenvalue weighted by molar-refractivity contribution is -0.127. The van der Waals surface area contributed by atoms with E-state index in [-0.39, 0.29) is 17.5 Å². The fourth-order valence-electron chi connectivity index (χ4n) is 1.50. The molecule has 0 unspecified atom stereocenters. The van der Waals surface area contributed by atoms with Crippen LogP contribution in [0.1, 0.15) is 48.5 Å². The van der Waals surface area contributed by atoms with Crippen LogP contribution in [-0.4, -0.2) is 40.8 Å². The Bertz CT molecular complexity index is 591. The maximum Gasteiger partial charge on any atom is 0.355 e. The van der Waals surface area contributed by atoms with Crippen molar-refractivity contribution in [3.63, 3.8) is 0 Å². The minimum Gasteiger partial charge on any atom is -0.448 e. The number of H-pyrrole nitrogens is 1. The number of hydrogen-bond acceptors (Lipinski definition) is 5. The van der Waals surface area contributed by atoms with Crippen molar-refractivity contribution in [3.05, 3.63) is 23.5 Å². The Balaban J connectivity index is 2.57. The van der Waals surface area contributed by atoms with Crippen molar-refractivity contribution in [2.75, 3.05) is 0 Å². The molecule has 1 aromatic rings. The second kappa shape index (κ2) is 7.39. The zero-order valence-corrected chi connectivity index (χ0v) is 12.9. The first-order chi connectivity index (χ1) is 10.2. The number of aromatic nitrogens is 1. The number of esters is 1. The van der Waals surface area contributed by atoms with E-state index in [2.05, 4.69) is 15.6 Å². The van der Waals surface area contributed by atoms with E-state index in [1.54, 1.807) is 13.8 Å². The average molecular weight is 309 g/mol. The number of hydrogen-bond donors (Lipinski definition) is 3. The van der Waals surface area contributed by atoms with E-state index in [4.69, 9.17) is 4.74 Å². The van der Waals surface area contributed by atoms with Crippen LogP contribution >= 0.6 is 0 Å². The third kappa shape index (κ3) is 5.04. The number of carbonyl (C=O) groups excluding carboxylic acids is 4. The smallest absolute Gasteiger partial charge is 0.355 e. The number of rotatable bonds is 5. The van der Waals surface area contributed by atoms with Crippen LogP contribution < -0.4 is 10.6 Å². The molecule has 8 nitrogen and oxygen atoms in total. The van der Waals surface area contributed by atoms with Gasteiger partial charge in [-0.3, -0.25) is 14.9 Å². The summed E-state index contributed by atoms with van der Waals surface area (Å²) in [6, 6.07) is 0.539. The van der Waals surface area contributed by atoms with Crippen molar-refractivity contribution in [2.24, 2.45) is 0 Å². The van der Waals surface area contributed by atoms with Gasteiger partial charge in [0.25, 0.3) is 5.91 Å². The average Bonchev–Trinajstić information content (AvgIpc) is 2.86. The molecule has 1 rings (SSSR count). The molecule has 0 aliphatic carbocycles. The lowest BCUT2D eigenvalue weighted by Crippen LogP contribution is -2.46. The second-order valence-corrected chi connectivity index (χ2v) is 5.02. The summed E-state index contributed by atoms with van der Waals surface area (Å²) in [6.07, 6.45) is 0.217. The highest BCUT2D eigenvalue weighted by Gasteiger charge is 2.22. The molecule has 0 radical (unpaired) electrons. The van der Waals surface area contributed by atoms with E-state index in [1.807, 2.05) is 0 Å². The Kier molecular flexibility index (Phi) is 5.85. The van der Waals surface area contributed by atoms with E-state index in [9.17, 15) is 19.2 Å². The first-order valence-corrected chi connectivity index (χ1v) is 6.72. The Hall–Kier alpha value is -2.64. The van der Waals surface area contributed by atoms with Crippen molar-refractivity contribution < 1.29 is 23.9 Å². The number of nitrogens with one attached hydrogen (secondary N) is 3. The molecule has 0 aliphatic rings. The van der Waals surface area contributed by atoms with E-state index in [1.165, 1.54) is 26.1 Å². The van der Waals surface area contributed by atoms with Gasteiger partial charge in [0, 0.05) is 17.8 Å². The van der Waals surface area contributed by atoms with Crippen molar-refractivity contribution in [1.82, 2.24) is 15.6 Å². The van der Waals surface area contributed by atoms with Crippen LogP contribution in [0.5, 0.6) is 0 Å². The van der Waals surface area contributed by atoms with Crippen molar-refractivity contribution in [1.29, 1.82) is 0 Å². The molecule has 0 spiro atoms. The van der Waals surface area contributed by atoms with Gasteiger partial charge in [0.1, 0.15) is 5.69 Å². The molecule has 1 atom stereocenters. The SMILES string of the molecule is CC(=O)c1c[nH]c(C(=O)O[C@H](C)C(=O)NC(=O)NC(C)C)c1. The van der Waals surface area contributed by atoms with Crippen LogP contribution in [0.15, 0.2) is 12.3 Å². The van der Waals surface area contributed by atoms with Gasteiger partial charge in [0.2, 0.25) is 0 Å². The molecular formula is C14H19N3O5. The van der Waals surface area contributed by atoms with Crippen molar-refractivity contribution >= 4 is 23.7 Å². The summed E-state index contributed by atoms with van der Waals surface area (Å²) in [7, 11) is 0. The molecule has 3 amide bonds. The highest BCUT2D eigenvalue weighted by molar-refractivity contribution is 5.99. The molecule has 120 valence electrons. The molecule has 8 heteroatoms. The van der Waals surface area contributed by atoms with E-state index in [0.29, 0.717) is 5.56 Å². The summed E-state index contributed by atoms with van der Waals surface area (Å²) < 4.78 is 4.92. The number of ketones is 1. The van der Waals surface area contributed by atoms with Crippen LogP contribution in [0.3, 0.4) is 0 Å². The Morgan fingerprint density at radius 1 is 1.18 bits per heavy atom. The third-order valence-corrected chi connectivity index (χ3v) is 2.62. The topological polar surface area (TPSA) is 117 Å². The Labute approximate surface area is 127 Å². The molecule has 0 saturated heterocycles. The summed E-state index contributed by atoms with van der Waals surface area (Å²) in [6.45, 7) is 6.18.